The molecular formula is C31H30Br2N6O4S2. The molecule has 234 valence electrons. The highest BCUT2D eigenvalue weighted by atomic mass is 79.9. The second-order valence-corrected chi connectivity index (χ2v) is 15.9. The Kier molecular flexibility index (Phi) is 8.95. The number of rotatable bonds is 6. The van der Waals surface area contributed by atoms with Gasteiger partial charge in [-0.2, -0.15) is 0 Å². The van der Waals surface area contributed by atoms with Gasteiger partial charge < -0.3 is 21.0 Å². The number of halogens is 2. The second-order valence-electron chi connectivity index (χ2n) is 10.2. The first-order valence-corrected chi connectivity index (χ1v) is 17.9. The summed E-state index contributed by atoms with van der Waals surface area (Å²) in [5.74, 6) is 0. The third kappa shape index (κ3) is 6.41. The van der Waals surface area contributed by atoms with E-state index in [-0.39, 0.29) is 9.79 Å². The van der Waals surface area contributed by atoms with Crippen molar-refractivity contribution in [3.05, 3.63) is 106 Å². The van der Waals surface area contributed by atoms with Crippen LogP contribution in [-0.2, 0) is 27.1 Å². The molecule has 10 nitrogen and oxygen atoms in total. The standard InChI is InChI=1S/C16H16BrN3O2S.C15H14BrN3O2S/c1-19-8-7-11-9-16(14(17)10-15(11)19)20(2)23(21,22)13-5-3-12(18)4-6-13;1-19(22(20,21)12-4-2-11(17)3-5-12)15-8-10-6-7-18-14(10)9-13(15)16/h3-10H,18H2,1-2H3;2-9,18H,17H2,1H3. The Morgan fingerprint density at radius 1 is 0.667 bits per heavy atom. The molecule has 0 bridgehead atoms. The minimum absolute atomic E-state index is 0.199. The van der Waals surface area contributed by atoms with Gasteiger partial charge in [0.05, 0.1) is 21.2 Å². The van der Waals surface area contributed by atoms with Crippen LogP contribution >= 0.6 is 31.9 Å². The highest BCUT2D eigenvalue weighted by molar-refractivity contribution is 9.11. The normalized spacial score (nSPS) is 11.8. The van der Waals surface area contributed by atoms with Crippen LogP contribution in [0, 0.1) is 0 Å². The molecule has 0 aliphatic carbocycles. The van der Waals surface area contributed by atoms with E-state index in [0.717, 1.165) is 21.8 Å². The van der Waals surface area contributed by atoms with Crippen LogP contribution in [0.1, 0.15) is 0 Å². The number of aromatic nitrogens is 2. The topological polar surface area (TPSA) is 148 Å². The lowest BCUT2D eigenvalue weighted by Crippen LogP contribution is -2.26. The number of nitrogens with two attached hydrogens (primary N) is 2. The van der Waals surface area contributed by atoms with Crippen LogP contribution in [-0.4, -0.2) is 40.5 Å². The summed E-state index contributed by atoms with van der Waals surface area (Å²) in [6.45, 7) is 0. The number of aromatic amines is 1. The van der Waals surface area contributed by atoms with E-state index in [1.54, 1.807) is 31.3 Å². The molecule has 45 heavy (non-hydrogen) atoms. The summed E-state index contributed by atoms with van der Waals surface area (Å²) in [4.78, 5) is 3.49. The zero-order valence-corrected chi connectivity index (χ0v) is 29.2. The lowest BCUT2D eigenvalue weighted by Gasteiger charge is -2.21. The maximum atomic E-state index is 12.8. The lowest BCUT2D eigenvalue weighted by molar-refractivity contribution is 0.592. The fourth-order valence-corrected chi connectivity index (χ4v) is 8.53. The molecule has 0 aliphatic rings. The van der Waals surface area contributed by atoms with E-state index in [1.807, 2.05) is 60.4 Å². The molecule has 0 fully saturated rings. The summed E-state index contributed by atoms with van der Waals surface area (Å²) in [6.07, 6.45) is 3.75. The van der Waals surface area contributed by atoms with E-state index < -0.39 is 20.0 Å². The molecule has 0 spiro atoms. The summed E-state index contributed by atoms with van der Waals surface area (Å²) in [5.41, 5.74) is 15.4. The minimum Gasteiger partial charge on any atom is -0.399 e. The van der Waals surface area contributed by atoms with Gasteiger partial charge in [0.25, 0.3) is 20.0 Å². The van der Waals surface area contributed by atoms with Crippen molar-refractivity contribution >= 4 is 96.5 Å². The van der Waals surface area contributed by atoms with Gasteiger partial charge in [-0.3, -0.25) is 8.61 Å². The smallest absolute Gasteiger partial charge is 0.264 e. The van der Waals surface area contributed by atoms with Crippen molar-refractivity contribution in [2.24, 2.45) is 7.05 Å². The highest BCUT2D eigenvalue weighted by Crippen LogP contribution is 2.35. The Labute approximate surface area is 278 Å². The van der Waals surface area contributed by atoms with Crippen molar-refractivity contribution in [2.45, 2.75) is 9.79 Å². The Hall–Kier alpha value is -3.98. The zero-order valence-electron chi connectivity index (χ0n) is 24.4. The van der Waals surface area contributed by atoms with Crippen LogP contribution in [0.3, 0.4) is 0 Å². The van der Waals surface area contributed by atoms with Crippen molar-refractivity contribution in [2.75, 3.05) is 34.2 Å². The molecule has 0 amide bonds. The molecule has 5 N–H and O–H groups in total. The number of nitrogens with zero attached hydrogens (tertiary/aromatic N) is 3. The molecule has 0 saturated carbocycles. The first-order valence-electron chi connectivity index (χ1n) is 13.4. The number of hydrogen-bond acceptors (Lipinski definition) is 6. The van der Waals surface area contributed by atoms with E-state index in [1.165, 1.54) is 39.9 Å². The predicted molar refractivity (Wildman–Crippen MR) is 190 cm³/mol. The number of nitrogen functional groups attached to an aromatic ring is 2. The average molecular weight is 775 g/mol. The van der Waals surface area contributed by atoms with Crippen molar-refractivity contribution in [1.82, 2.24) is 9.55 Å². The Morgan fingerprint density at radius 3 is 1.64 bits per heavy atom. The number of nitrogens with one attached hydrogen (secondary N) is 1. The monoisotopic (exact) mass is 772 g/mol. The van der Waals surface area contributed by atoms with E-state index in [4.69, 9.17) is 11.5 Å². The summed E-state index contributed by atoms with van der Waals surface area (Å²) >= 11 is 6.91. The Balaban J connectivity index is 0.000000178. The highest BCUT2D eigenvalue weighted by Gasteiger charge is 2.24. The van der Waals surface area contributed by atoms with Gasteiger partial charge in [-0.25, -0.2) is 16.8 Å². The number of fused-ring (bicyclic) bond motifs is 2. The molecule has 0 unspecified atom stereocenters. The van der Waals surface area contributed by atoms with Gasteiger partial charge in [0.1, 0.15) is 0 Å². The quantitative estimate of drug-likeness (QED) is 0.161. The molecule has 2 heterocycles. The van der Waals surface area contributed by atoms with Crippen LogP contribution in [0.2, 0.25) is 0 Å². The molecule has 4 aromatic carbocycles. The lowest BCUT2D eigenvalue weighted by atomic mass is 10.2. The third-order valence-electron chi connectivity index (χ3n) is 7.33. The summed E-state index contributed by atoms with van der Waals surface area (Å²) in [6, 6.07) is 23.6. The molecule has 6 rings (SSSR count). The SMILES string of the molecule is CN(c1cc2cc[nH]c2cc1Br)S(=O)(=O)c1ccc(N)cc1.CN(c1cc2ccn(C)c2cc1Br)S(=O)(=O)c1ccc(N)cc1. The van der Waals surface area contributed by atoms with Crippen molar-refractivity contribution < 1.29 is 16.8 Å². The van der Waals surface area contributed by atoms with Crippen molar-refractivity contribution in [3.63, 3.8) is 0 Å². The number of H-pyrrole nitrogens is 1. The first kappa shape index (κ1) is 32.4. The summed E-state index contributed by atoms with van der Waals surface area (Å²) in [7, 11) is -2.28. The van der Waals surface area contributed by atoms with Crippen LogP contribution in [0.4, 0.5) is 22.7 Å². The molecular weight excluding hydrogens is 744 g/mol. The number of hydrogen-bond donors (Lipinski definition) is 3. The zero-order chi connectivity index (χ0) is 32.7. The van der Waals surface area contributed by atoms with Gasteiger partial charge in [-0.15, -0.1) is 0 Å². The van der Waals surface area contributed by atoms with Gasteiger partial charge in [0.15, 0.2) is 0 Å². The van der Waals surface area contributed by atoms with E-state index in [0.29, 0.717) is 31.7 Å². The maximum absolute atomic E-state index is 12.8. The van der Waals surface area contributed by atoms with Crippen LogP contribution < -0.4 is 20.1 Å². The average Bonchev–Trinajstić information content (AvgIpc) is 3.61. The van der Waals surface area contributed by atoms with E-state index >= 15 is 0 Å². The first-order chi connectivity index (χ1) is 21.2. The number of aryl methyl sites for hydroxylation is 1. The van der Waals surface area contributed by atoms with Gasteiger partial charge in [0.2, 0.25) is 0 Å². The fourth-order valence-electron chi connectivity index (χ4n) is 4.68. The van der Waals surface area contributed by atoms with Crippen LogP contribution in [0.15, 0.2) is 116 Å². The minimum atomic E-state index is -3.65. The maximum Gasteiger partial charge on any atom is 0.264 e. The van der Waals surface area contributed by atoms with Crippen LogP contribution in [0.25, 0.3) is 21.8 Å². The molecule has 6 aromatic rings. The third-order valence-corrected chi connectivity index (χ3v) is 12.2. The van der Waals surface area contributed by atoms with Gasteiger partial charge in [0, 0.05) is 75.7 Å². The van der Waals surface area contributed by atoms with E-state index in [2.05, 4.69) is 36.8 Å². The Bertz CT molecular complexity index is 2230. The molecule has 0 atom stereocenters. The second kappa shape index (κ2) is 12.4. The largest absolute Gasteiger partial charge is 0.399 e. The van der Waals surface area contributed by atoms with Crippen LogP contribution in [0.5, 0.6) is 0 Å². The predicted octanol–water partition coefficient (Wildman–Crippen LogP) is 6.69. The van der Waals surface area contributed by atoms with Crippen molar-refractivity contribution in [3.8, 4) is 0 Å². The van der Waals surface area contributed by atoms with Gasteiger partial charge in [-0.05, 0) is 117 Å². The van der Waals surface area contributed by atoms with Gasteiger partial charge in [-0.1, -0.05) is 0 Å². The molecule has 0 aliphatic heterocycles. The Morgan fingerprint density at radius 2 is 1.13 bits per heavy atom. The molecule has 2 aromatic heterocycles. The van der Waals surface area contributed by atoms with Crippen molar-refractivity contribution in [1.29, 1.82) is 0 Å². The summed E-state index contributed by atoms with van der Waals surface area (Å²) < 4.78 is 57.0. The molecule has 0 saturated heterocycles. The molecule has 0 radical (unpaired) electrons. The molecule has 14 heteroatoms. The number of benzene rings is 4. The van der Waals surface area contributed by atoms with E-state index in [9.17, 15) is 16.8 Å². The number of sulfonamides is 2. The fraction of sp³-hybridized carbons (Fsp3) is 0.0968. The number of anilines is 4. The van der Waals surface area contributed by atoms with Gasteiger partial charge >= 0.3 is 0 Å². The summed E-state index contributed by atoms with van der Waals surface area (Å²) in [5, 5.41) is 1.92.